The van der Waals surface area contributed by atoms with Crippen LogP contribution in [0.5, 0.6) is 5.75 Å². The minimum absolute atomic E-state index is 0.222. The van der Waals surface area contributed by atoms with E-state index < -0.39 is 48.6 Å². The fourth-order valence-electron chi connectivity index (χ4n) is 1.86. The summed E-state index contributed by atoms with van der Waals surface area (Å²) in [4.78, 5) is 26.9. The Hall–Kier alpha value is -2.71. The molecule has 0 aliphatic carbocycles. The number of carbonyl (C=O) groups excluding carboxylic acids is 2. The number of hydrogen-bond acceptors (Lipinski definition) is 8. The van der Waals surface area contributed by atoms with Crippen molar-refractivity contribution in [1.82, 2.24) is 4.98 Å². The normalized spacial score (nSPS) is 12.5. The van der Waals surface area contributed by atoms with Gasteiger partial charge in [-0.3, -0.25) is 9.59 Å². The summed E-state index contributed by atoms with van der Waals surface area (Å²) in [6.45, 7) is 2.35. The first-order chi connectivity index (χ1) is 13.1. The SMILES string of the molecule is CC(C)(O)C(=O)Nc1sc(S(=O)(=O)c2ccc(OC(F)(F)F)cn2)cc1C(N)=O. The van der Waals surface area contributed by atoms with E-state index in [-0.39, 0.29) is 10.6 Å². The molecule has 0 spiro atoms. The Kier molecular flexibility index (Phi) is 5.92. The van der Waals surface area contributed by atoms with Gasteiger partial charge in [-0.05, 0) is 32.0 Å². The van der Waals surface area contributed by atoms with Gasteiger partial charge in [0.1, 0.15) is 20.6 Å². The Balaban J connectivity index is 2.41. The molecule has 0 radical (unpaired) electrons. The van der Waals surface area contributed by atoms with Crippen LogP contribution in [0.25, 0.3) is 0 Å². The van der Waals surface area contributed by atoms with Crippen molar-refractivity contribution >= 4 is 38.0 Å². The number of halogens is 3. The number of aliphatic hydroxyl groups is 1. The number of sulfone groups is 1. The molecular formula is C15H14F3N3O6S2. The summed E-state index contributed by atoms with van der Waals surface area (Å²) in [5, 5.41) is 11.1. The zero-order chi connectivity index (χ0) is 22.2. The topological polar surface area (TPSA) is 149 Å². The molecule has 2 rings (SSSR count). The minimum atomic E-state index is -4.97. The number of nitrogens with two attached hydrogens (primary N) is 1. The second kappa shape index (κ2) is 7.61. The minimum Gasteiger partial charge on any atom is -0.404 e. The Morgan fingerprint density at radius 1 is 1.28 bits per heavy atom. The number of nitrogens with one attached hydrogen (secondary N) is 1. The summed E-state index contributed by atoms with van der Waals surface area (Å²) in [5.74, 6) is -2.69. The predicted molar refractivity (Wildman–Crippen MR) is 94.1 cm³/mol. The number of carbonyl (C=O) groups is 2. The van der Waals surface area contributed by atoms with Gasteiger partial charge in [0.2, 0.25) is 9.84 Å². The van der Waals surface area contributed by atoms with E-state index in [2.05, 4.69) is 15.0 Å². The maximum absolute atomic E-state index is 12.7. The summed E-state index contributed by atoms with van der Waals surface area (Å²) < 4.78 is 65.1. The molecule has 9 nitrogen and oxygen atoms in total. The third kappa shape index (κ3) is 5.42. The van der Waals surface area contributed by atoms with E-state index in [0.717, 1.165) is 18.2 Å². The Bertz CT molecular complexity index is 1040. The smallest absolute Gasteiger partial charge is 0.404 e. The molecule has 0 bridgehead atoms. The number of primary amides is 1. The highest BCUT2D eigenvalue weighted by atomic mass is 32.2. The zero-order valence-electron chi connectivity index (χ0n) is 14.8. The van der Waals surface area contributed by atoms with Gasteiger partial charge in [0.05, 0.1) is 11.8 Å². The van der Waals surface area contributed by atoms with E-state index in [1.807, 2.05) is 0 Å². The summed E-state index contributed by atoms with van der Waals surface area (Å²) in [7, 11) is -4.36. The van der Waals surface area contributed by atoms with Gasteiger partial charge < -0.3 is 20.9 Å². The molecule has 0 unspecified atom stereocenters. The molecule has 14 heteroatoms. The number of anilines is 1. The summed E-state index contributed by atoms with van der Waals surface area (Å²) in [5.41, 5.74) is 3.04. The number of alkyl halides is 3. The highest BCUT2D eigenvalue weighted by Gasteiger charge is 2.32. The van der Waals surface area contributed by atoms with Crippen LogP contribution in [0.4, 0.5) is 18.2 Å². The maximum Gasteiger partial charge on any atom is 0.573 e. The van der Waals surface area contributed by atoms with Crippen molar-refractivity contribution in [2.75, 3.05) is 5.32 Å². The Labute approximate surface area is 166 Å². The van der Waals surface area contributed by atoms with Crippen LogP contribution in [0.2, 0.25) is 0 Å². The lowest BCUT2D eigenvalue weighted by atomic mass is 10.1. The van der Waals surface area contributed by atoms with Gasteiger partial charge >= 0.3 is 6.36 Å². The summed E-state index contributed by atoms with van der Waals surface area (Å²) >= 11 is 0.465. The molecule has 29 heavy (non-hydrogen) atoms. The van der Waals surface area contributed by atoms with Gasteiger partial charge in [-0.2, -0.15) is 0 Å². The number of hydrogen-bond donors (Lipinski definition) is 3. The van der Waals surface area contributed by atoms with E-state index in [1.54, 1.807) is 0 Å². The fourth-order valence-corrected chi connectivity index (χ4v) is 4.51. The standard InChI is InChI=1S/C15H14F3N3O6S2/c1-14(2,24)13(23)21-12-8(11(19)22)5-10(28-12)29(25,26)9-4-3-7(6-20-9)27-15(16,17)18/h3-6,24H,1-2H3,(H2,19,22)(H,21,23). The van der Waals surface area contributed by atoms with Crippen LogP contribution in [-0.4, -0.2) is 42.3 Å². The number of nitrogens with zero attached hydrogens (tertiary/aromatic N) is 1. The monoisotopic (exact) mass is 453 g/mol. The molecule has 0 saturated carbocycles. The van der Waals surface area contributed by atoms with E-state index in [9.17, 15) is 36.3 Å². The second-order valence-electron chi connectivity index (χ2n) is 6.07. The molecule has 158 valence electrons. The number of ether oxygens (including phenoxy) is 1. The van der Waals surface area contributed by atoms with Crippen LogP contribution in [0.3, 0.4) is 0 Å². The molecule has 2 amide bonds. The predicted octanol–water partition coefficient (Wildman–Crippen LogP) is 1.68. The van der Waals surface area contributed by atoms with Gasteiger partial charge in [-0.15, -0.1) is 24.5 Å². The third-order valence-corrected chi connectivity index (χ3v) is 6.43. The van der Waals surface area contributed by atoms with Crippen LogP contribution in [-0.2, 0) is 14.6 Å². The van der Waals surface area contributed by atoms with Crippen LogP contribution in [0.15, 0.2) is 33.6 Å². The molecular weight excluding hydrogens is 439 g/mol. The largest absolute Gasteiger partial charge is 0.573 e. The van der Waals surface area contributed by atoms with Gasteiger partial charge in [-0.25, -0.2) is 13.4 Å². The molecule has 2 aromatic rings. The highest BCUT2D eigenvalue weighted by Crippen LogP contribution is 2.35. The first-order valence-corrected chi connectivity index (χ1v) is 9.85. The van der Waals surface area contributed by atoms with Crippen molar-refractivity contribution in [3.63, 3.8) is 0 Å². The summed E-state index contributed by atoms with van der Waals surface area (Å²) in [6.07, 6.45) is -4.40. The lowest BCUT2D eigenvalue weighted by molar-refractivity contribution is -0.274. The van der Waals surface area contributed by atoms with E-state index >= 15 is 0 Å². The molecule has 0 aliphatic rings. The lowest BCUT2D eigenvalue weighted by Gasteiger charge is -2.16. The van der Waals surface area contributed by atoms with E-state index in [1.165, 1.54) is 13.8 Å². The van der Waals surface area contributed by atoms with Crippen LogP contribution < -0.4 is 15.8 Å². The Morgan fingerprint density at radius 3 is 2.34 bits per heavy atom. The molecule has 2 aromatic heterocycles. The molecule has 2 heterocycles. The molecule has 0 aliphatic heterocycles. The van der Waals surface area contributed by atoms with Gasteiger partial charge in [-0.1, -0.05) is 0 Å². The number of pyridine rings is 1. The molecule has 0 atom stereocenters. The maximum atomic E-state index is 12.7. The molecule has 4 N–H and O–H groups in total. The first-order valence-electron chi connectivity index (χ1n) is 7.55. The molecule has 0 aromatic carbocycles. The van der Waals surface area contributed by atoms with Crippen LogP contribution in [0, 0.1) is 0 Å². The second-order valence-corrected chi connectivity index (χ2v) is 9.24. The summed E-state index contributed by atoms with van der Waals surface area (Å²) in [6, 6.07) is 2.44. The van der Waals surface area contributed by atoms with E-state index in [0.29, 0.717) is 17.5 Å². The van der Waals surface area contributed by atoms with Gasteiger partial charge in [0, 0.05) is 0 Å². The fraction of sp³-hybridized carbons (Fsp3) is 0.267. The lowest BCUT2D eigenvalue weighted by Crippen LogP contribution is -2.36. The first kappa shape index (κ1) is 22.6. The zero-order valence-corrected chi connectivity index (χ0v) is 16.4. The Morgan fingerprint density at radius 2 is 1.90 bits per heavy atom. The third-order valence-electron chi connectivity index (χ3n) is 3.24. The highest BCUT2D eigenvalue weighted by molar-refractivity contribution is 7.93. The van der Waals surface area contributed by atoms with E-state index in [4.69, 9.17) is 5.73 Å². The number of aromatic nitrogens is 1. The number of thiophene rings is 1. The average Bonchev–Trinajstić information content (AvgIpc) is 2.98. The number of rotatable bonds is 6. The van der Waals surface area contributed by atoms with Crippen LogP contribution >= 0.6 is 11.3 Å². The van der Waals surface area contributed by atoms with Crippen molar-refractivity contribution in [2.45, 2.75) is 35.0 Å². The quantitative estimate of drug-likeness (QED) is 0.602. The van der Waals surface area contributed by atoms with Gasteiger partial charge in [0.25, 0.3) is 11.8 Å². The molecule has 0 fully saturated rings. The average molecular weight is 453 g/mol. The molecule has 0 saturated heterocycles. The van der Waals surface area contributed by atoms with Crippen molar-refractivity contribution in [3.8, 4) is 5.75 Å². The van der Waals surface area contributed by atoms with Crippen LogP contribution in [0.1, 0.15) is 24.2 Å². The van der Waals surface area contributed by atoms with Gasteiger partial charge in [0.15, 0.2) is 5.03 Å². The van der Waals surface area contributed by atoms with Crippen molar-refractivity contribution in [3.05, 3.63) is 30.0 Å². The van der Waals surface area contributed by atoms with Crippen molar-refractivity contribution in [1.29, 1.82) is 0 Å². The van der Waals surface area contributed by atoms with Crippen molar-refractivity contribution < 1.29 is 41.0 Å². The van der Waals surface area contributed by atoms with Crippen molar-refractivity contribution in [2.24, 2.45) is 5.73 Å². The number of amides is 2.